The van der Waals surface area contributed by atoms with Gasteiger partial charge in [0.05, 0.1) is 0 Å². The van der Waals surface area contributed by atoms with Crippen molar-refractivity contribution in [2.45, 2.75) is 45.2 Å². The lowest BCUT2D eigenvalue weighted by Gasteiger charge is -2.19. The van der Waals surface area contributed by atoms with Gasteiger partial charge in [-0.1, -0.05) is 12.8 Å². The summed E-state index contributed by atoms with van der Waals surface area (Å²) in [4.78, 5) is 4.20. The van der Waals surface area contributed by atoms with Crippen molar-refractivity contribution < 1.29 is 0 Å². The number of rotatable bonds is 3. The fraction of sp³-hybridized carbons (Fsp3) is 0.727. The summed E-state index contributed by atoms with van der Waals surface area (Å²) in [5, 5.41) is 0. The number of hydrogen-bond donors (Lipinski definition) is 1. The van der Waals surface area contributed by atoms with Gasteiger partial charge in [-0.15, -0.1) is 0 Å². The lowest BCUT2D eigenvalue weighted by molar-refractivity contribution is 0.384. The highest BCUT2D eigenvalue weighted by molar-refractivity contribution is 4.90. The Morgan fingerprint density at radius 2 is 2.29 bits per heavy atom. The molecule has 0 radical (unpaired) electrons. The molecule has 3 heteroatoms. The lowest BCUT2D eigenvalue weighted by Crippen LogP contribution is -2.33. The normalized spacial score (nSPS) is 20.1. The average Bonchev–Trinajstić information content (AvgIpc) is 2.77. The topological polar surface area (TPSA) is 43.8 Å². The van der Waals surface area contributed by atoms with E-state index in [4.69, 9.17) is 5.73 Å². The third-order valence-corrected chi connectivity index (χ3v) is 3.34. The first-order chi connectivity index (χ1) is 6.77. The van der Waals surface area contributed by atoms with E-state index in [-0.39, 0.29) is 0 Å². The van der Waals surface area contributed by atoms with Crippen LogP contribution in [0.2, 0.25) is 0 Å². The van der Waals surface area contributed by atoms with E-state index in [2.05, 4.69) is 9.55 Å². The second-order valence-corrected chi connectivity index (χ2v) is 4.34. The summed E-state index contributed by atoms with van der Waals surface area (Å²) in [5.41, 5.74) is 6.19. The monoisotopic (exact) mass is 193 g/mol. The van der Waals surface area contributed by atoms with Crippen LogP contribution < -0.4 is 5.73 Å². The van der Waals surface area contributed by atoms with E-state index in [0.717, 1.165) is 18.3 Å². The Hall–Kier alpha value is -0.830. The molecule has 0 aliphatic heterocycles. The molecule has 2 rings (SSSR count). The van der Waals surface area contributed by atoms with Gasteiger partial charge in [0, 0.05) is 25.0 Å². The van der Waals surface area contributed by atoms with Gasteiger partial charge in [0.15, 0.2) is 0 Å². The molecular weight excluding hydrogens is 174 g/mol. The molecule has 1 aromatic rings. The second kappa shape index (κ2) is 4.13. The minimum absolute atomic E-state index is 0.311. The number of imidazole rings is 1. The van der Waals surface area contributed by atoms with Gasteiger partial charge in [0.25, 0.3) is 0 Å². The van der Waals surface area contributed by atoms with Crippen LogP contribution in [0.5, 0.6) is 0 Å². The Morgan fingerprint density at radius 1 is 1.57 bits per heavy atom. The molecule has 1 fully saturated rings. The van der Waals surface area contributed by atoms with Crippen LogP contribution in [0.25, 0.3) is 0 Å². The molecule has 1 heterocycles. The van der Waals surface area contributed by atoms with E-state index in [1.54, 1.807) is 0 Å². The number of hydrogen-bond acceptors (Lipinski definition) is 2. The number of nitrogens with two attached hydrogens (primary N) is 1. The standard InChI is InChI=1S/C11H19N3/c1-9-13-6-7-14(9)8-11(12)10-4-2-3-5-10/h6-7,10-11H,2-5,8,12H2,1H3. The van der Waals surface area contributed by atoms with Crippen molar-refractivity contribution in [1.82, 2.24) is 9.55 Å². The van der Waals surface area contributed by atoms with Crippen LogP contribution in [-0.4, -0.2) is 15.6 Å². The third-order valence-electron chi connectivity index (χ3n) is 3.34. The van der Waals surface area contributed by atoms with Crippen LogP contribution in [0, 0.1) is 12.8 Å². The Balaban J connectivity index is 1.93. The van der Waals surface area contributed by atoms with Crippen molar-refractivity contribution in [3.8, 4) is 0 Å². The summed E-state index contributed by atoms with van der Waals surface area (Å²) in [6.45, 7) is 2.96. The molecule has 1 aliphatic carbocycles. The Labute approximate surface area is 85.3 Å². The third kappa shape index (κ3) is 1.98. The second-order valence-electron chi connectivity index (χ2n) is 4.34. The Bertz CT molecular complexity index is 286. The van der Waals surface area contributed by atoms with Gasteiger partial charge in [-0.05, 0) is 25.7 Å². The molecule has 0 aromatic carbocycles. The maximum Gasteiger partial charge on any atom is 0.105 e. The van der Waals surface area contributed by atoms with Crippen LogP contribution in [0.15, 0.2) is 12.4 Å². The van der Waals surface area contributed by atoms with Gasteiger partial charge in [0.1, 0.15) is 5.82 Å². The molecule has 1 aromatic heterocycles. The highest BCUT2D eigenvalue weighted by atomic mass is 15.1. The first kappa shape index (κ1) is 9.71. The van der Waals surface area contributed by atoms with E-state index in [0.29, 0.717) is 6.04 Å². The molecular formula is C11H19N3. The van der Waals surface area contributed by atoms with Crippen LogP contribution in [0.3, 0.4) is 0 Å². The zero-order chi connectivity index (χ0) is 9.97. The molecule has 1 saturated carbocycles. The molecule has 3 nitrogen and oxygen atoms in total. The predicted octanol–water partition coefficient (Wildman–Crippen LogP) is 1.71. The van der Waals surface area contributed by atoms with Gasteiger partial charge < -0.3 is 10.3 Å². The lowest BCUT2D eigenvalue weighted by atomic mass is 9.99. The molecule has 2 N–H and O–H groups in total. The van der Waals surface area contributed by atoms with Crippen LogP contribution in [-0.2, 0) is 6.54 Å². The highest BCUT2D eigenvalue weighted by Gasteiger charge is 2.22. The zero-order valence-corrected chi connectivity index (χ0v) is 8.82. The summed E-state index contributed by atoms with van der Waals surface area (Å²) in [7, 11) is 0. The van der Waals surface area contributed by atoms with E-state index in [1.807, 2.05) is 19.3 Å². The molecule has 0 spiro atoms. The van der Waals surface area contributed by atoms with Crippen LogP contribution >= 0.6 is 0 Å². The smallest absolute Gasteiger partial charge is 0.105 e. The van der Waals surface area contributed by atoms with Gasteiger partial charge in [-0.3, -0.25) is 0 Å². The van der Waals surface area contributed by atoms with Crippen molar-refractivity contribution >= 4 is 0 Å². The van der Waals surface area contributed by atoms with Gasteiger partial charge in [-0.2, -0.15) is 0 Å². The van der Waals surface area contributed by atoms with Crippen molar-refractivity contribution in [3.63, 3.8) is 0 Å². The minimum Gasteiger partial charge on any atom is -0.334 e. The summed E-state index contributed by atoms with van der Waals surface area (Å²) in [5.74, 6) is 1.80. The Kier molecular flexibility index (Phi) is 2.87. The number of aromatic nitrogens is 2. The first-order valence-corrected chi connectivity index (χ1v) is 5.50. The predicted molar refractivity (Wildman–Crippen MR) is 56.9 cm³/mol. The number of aryl methyl sites for hydroxylation is 1. The largest absolute Gasteiger partial charge is 0.334 e. The molecule has 0 amide bonds. The van der Waals surface area contributed by atoms with E-state index in [9.17, 15) is 0 Å². The van der Waals surface area contributed by atoms with Crippen molar-refractivity contribution in [2.24, 2.45) is 11.7 Å². The summed E-state index contributed by atoms with van der Waals surface area (Å²) < 4.78 is 2.16. The molecule has 1 aliphatic rings. The van der Waals surface area contributed by atoms with Crippen LogP contribution in [0.4, 0.5) is 0 Å². The van der Waals surface area contributed by atoms with Gasteiger partial charge in [0.2, 0.25) is 0 Å². The summed E-state index contributed by atoms with van der Waals surface area (Å²) in [6, 6.07) is 0.311. The summed E-state index contributed by atoms with van der Waals surface area (Å²) >= 11 is 0. The maximum atomic E-state index is 6.19. The van der Waals surface area contributed by atoms with Crippen molar-refractivity contribution in [2.75, 3.05) is 0 Å². The van der Waals surface area contributed by atoms with Crippen molar-refractivity contribution in [1.29, 1.82) is 0 Å². The number of nitrogens with zero attached hydrogens (tertiary/aromatic N) is 2. The Morgan fingerprint density at radius 3 is 2.86 bits per heavy atom. The molecule has 0 saturated heterocycles. The maximum absolute atomic E-state index is 6.19. The quantitative estimate of drug-likeness (QED) is 0.794. The summed E-state index contributed by atoms with van der Waals surface area (Å²) in [6.07, 6.45) is 9.22. The molecule has 0 bridgehead atoms. The van der Waals surface area contributed by atoms with Crippen LogP contribution in [0.1, 0.15) is 31.5 Å². The van der Waals surface area contributed by atoms with Crippen molar-refractivity contribution in [3.05, 3.63) is 18.2 Å². The highest BCUT2D eigenvalue weighted by Crippen LogP contribution is 2.27. The zero-order valence-electron chi connectivity index (χ0n) is 8.82. The molecule has 78 valence electrons. The molecule has 14 heavy (non-hydrogen) atoms. The average molecular weight is 193 g/mol. The van der Waals surface area contributed by atoms with Gasteiger partial charge >= 0.3 is 0 Å². The fourth-order valence-corrected chi connectivity index (χ4v) is 2.36. The first-order valence-electron chi connectivity index (χ1n) is 5.50. The molecule has 1 atom stereocenters. The van der Waals surface area contributed by atoms with E-state index in [1.165, 1.54) is 25.7 Å². The molecule has 1 unspecified atom stereocenters. The minimum atomic E-state index is 0.311. The van der Waals surface area contributed by atoms with Gasteiger partial charge in [-0.25, -0.2) is 4.98 Å². The van der Waals surface area contributed by atoms with E-state index < -0.39 is 0 Å². The fourth-order valence-electron chi connectivity index (χ4n) is 2.36. The van der Waals surface area contributed by atoms with E-state index >= 15 is 0 Å². The SMILES string of the molecule is Cc1nccn1CC(N)C1CCCC1.